The summed E-state index contributed by atoms with van der Waals surface area (Å²) in [6, 6.07) is 0. The maximum Gasteiger partial charge on any atom is 0.306 e. The topological polar surface area (TPSA) is 94.1 Å². The molecule has 0 saturated carbocycles. The highest BCUT2D eigenvalue weighted by atomic mass is 31.2. The van der Waals surface area contributed by atoms with Crippen LogP contribution in [0.4, 0.5) is 0 Å². The Morgan fingerprint density at radius 3 is 1.28 bits per heavy atom. The standard InChI is InChI=1S/C60H110NO7P/c1-6-8-10-12-14-16-18-20-22-24-26-28-30-32-34-36-38-40-42-44-46-48-50-52-55-65-57-59(58-67-69(63,64)66-56-54-61(3,4)5)68-60(62)53-51-49-47-45-43-41-39-37-35-33-31-29-27-25-23-21-19-17-15-13-11-9-7-2/h9,11,15,17,21,23-24,26-27,29,33,35,59H,6-8,10,12-14,16,18-20,22,25,28,30-32,34,36-58H2,1-5H3/b11-9-,17-15-,23-21-,26-24-,29-27-,35-33-. The van der Waals surface area contributed by atoms with Crippen LogP contribution in [0.5, 0.6) is 0 Å². The Hall–Kier alpha value is -2.06. The van der Waals surface area contributed by atoms with Gasteiger partial charge in [-0.1, -0.05) is 228 Å². The number of hydrogen-bond donors (Lipinski definition) is 0. The molecule has 0 aromatic carbocycles. The number of nitrogens with zero attached hydrogens (tertiary/aromatic N) is 1. The average Bonchev–Trinajstić information content (AvgIpc) is 3.31. The third-order valence-electron chi connectivity index (χ3n) is 12.2. The number of hydrogen-bond acceptors (Lipinski definition) is 7. The molecule has 0 saturated heterocycles. The molecule has 69 heavy (non-hydrogen) atoms. The van der Waals surface area contributed by atoms with Gasteiger partial charge in [-0.25, -0.2) is 0 Å². The molecule has 402 valence electrons. The summed E-state index contributed by atoms with van der Waals surface area (Å²) in [5.74, 6) is -0.344. The van der Waals surface area contributed by atoms with Gasteiger partial charge < -0.3 is 27.9 Å². The van der Waals surface area contributed by atoms with Gasteiger partial charge >= 0.3 is 5.97 Å². The summed E-state index contributed by atoms with van der Waals surface area (Å²) >= 11 is 0. The fourth-order valence-corrected chi connectivity index (χ4v) is 8.59. The molecular weight excluding hydrogens is 878 g/mol. The minimum absolute atomic E-state index is 0.0211. The van der Waals surface area contributed by atoms with Gasteiger partial charge in [-0.2, -0.15) is 0 Å². The molecule has 0 radical (unpaired) electrons. The first-order valence-electron chi connectivity index (χ1n) is 28.7. The molecule has 2 atom stereocenters. The zero-order valence-electron chi connectivity index (χ0n) is 45.7. The lowest BCUT2D eigenvalue weighted by Gasteiger charge is -2.28. The monoisotopic (exact) mass is 988 g/mol. The van der Waals surface area contributed by atoms with E-state index in [9.17, 15) is 14.3 Å². The molecule has 0 rings (SSSR count). The maximum atomic E-state index is 12.8. The van der Waals surface area contributed by atoms with Crippen molar-refractivity contribution in [1.29, 1.82) is 0 Å². The molecular formula is C60H110NO7P. The summed E-state index contributed by atoms with van der Waals surface area (Å²) < 4.78 is 34.8. The fourth-order valence-electron chi connectivity index (χ4n) is 7.86. The summed E-state index contributed by atoms with van der Waals surface area (Å²) in [6.07, 6.45) is 69.4. The highest BCUT2D eigenvalue weighted by Gasteiger charge is 2.20. The number of ether oxygens (including phenoxy) is 2. The predicted molar refractivity (Wildman–Crippen MR) is 296 cm³/mol. The molecule has 0 aromatic heterocycles. The molecule has 0 aliphatic carbocycles. The van der Waals surface area contributed by atoms with Crippen LogP contribution in [0.25, 0.3) is 0 Å². The van der Waals surface area contributed by atoms with Crippen LogP contribution in [0.15, 0.2) is 72.9 Å². The van der Waals surface area contributed by atoms with Crippen LogP contribution in [0.3, 0.4) is 0 Å². The van der Waals surface area contributed by atoms with E-state index < -0.39 is 13.9 Å². The lowest BCUT2D eigenvalue weighted by Crippen LogP contribution is -2.37. The molecule has 0 N–H and O–H groups in total. The number of carbonyl (C=O) groups excluding carboxylic acids is 1. The van der Waals surface area contributed by atoms with Gasteiger partial charge in [-0.15, -0.1) is 0 Å². The smallest absolute Gasteiger partial charge is 0.306 e. The maximum absolute atomic E-state index is 12.8. The number of likely N-dealkylation sites (N-methyl/N-ethyl adjacent to an activating group) is 1. The van der Waals surface area contributed by atoms with Crippen LogP contribution in [0.2, 0.25) is 0 Å². The third kappa shape index (κ3) is 56.7. The molecule has 9 heteroatoms. The molecule has 0 amide bonds. The van der Waals surface area contributed by atoms with E-state index in [0.29, 0.717) is 24.1 Å². The third-order valence-corrected chi connectivity index (χ3v) is 13.2. The van der Waals surface area contributed by atoms with Crippen molar-refractivity contribution in [2.75, 3.05) is 54.1 Å². The van der Waals surface area contributed by atoms with Crippen LogP contribution >= 0.6 is 7.82 Å². The van der Waals surface area contributed by atoms with E-state index in [1.807, 2.05) is 21.1 Å². The second kappa shape index (κ2) is 52.3. The Morgan fingerprint density at radius 1 is 0.464 bits per heavy atom. The van der Waals surface area contributed by atoms with Crippen LogP contribution < -0.4 is 4.89 Å². The van der Waals surface area contributed by atoms with Crippen LogP contribution in [-0.2, 0) is 27.9 Å². The van der Waals surface area contributed by atoms with Crippen molar-refractivity contribution in [1.82, 2.24) is 0 Å². The number of esters is 1. The highest BCUT2D eigenvalue weighted by molar-refractivity contribution is 7.45. The van der Waals surface area contributed by atoms with Crippen molar-refractivity contribution in [3.63, 3.8) is 0 Å². The van der Waals surface area contributed by atoms with E-state index in [4.69, 9.17) is 18.5 Å². The minimum atomic E-state index is -4.54. The molecule has 0 bridgehead atoms. The summed E-state index contributed by atoms with van der Waals surface area (Å²) in [7, 11) is 1.35. The zero-order valence-corrected chi connectivity index (χ0v) is 46.6. The Labute approximate surface area is 427 Å². The van der Waals surface area contributed by atoms with E-state index in [1.165, 1.54) is 148 Å². The van der Waals surface area contributed by atoms with Gasteiger partial charge in [0.1, 0.15) is 19.3 Å². The van der Waals surface area contributed by atoms with E-state index >= 15 is 0 Å². The number of quaternary nitrogens is 1. The first-order valence-corrected chi connectivity index (χ1v) is 30.1. The van der Waals surface area contributed by atoms with Crippen LogP contribution in [0.1, 0.15) is 245 Å². The summed E-state index contributed by atoms with van der Waals surface area (Å²) in [6.45, 7) is 5.31. The Balaban J connectivity index is 4.11. The lowest BCUT2D eigenvalue weighted by atomic mass is 10.0. The van der Waals surface area contributed by atoms with Gasteiger partial charge in [0.05, 0.1) is 34.4 Å². The van der Waals surface area contributed by atoms with Crippen molar-refractivity contribution in [3.05, 3.63) is 72.9 Å². The fraction of sp³-hybridized carbons (Fsp3) is 0.783. The molecule has 8 nitrogen and oxygen atoms in total. The van der Waals surface area contributed by atoms with E-state index in [2.05, 4.69) is 86.8 Å². The highest BCUT2D eigenvalue weighted by Crippen LogP contribution is 2.38. The van der Waals surface area contributed by atoms with Crippen molar-refractivity contribution in [3.8, 4) is 0 Å². The van der Waals surface area contributed by atoms with Gasteiger partial charge in [-0.3, -0.25) is 9.36 Å². The molecule has 0 aromatic rings. The van der Waals surface area contributed by atoms with Gasteiger partial charge in [0.2, 0.25) is 0 Å². The quantitative estimate of drug-likeness (QED) is 0.0197. The largest absolute Gasteiger partial charge is 0.756 e. The van der Waals surface area contributed by atoms with E-state index in [1.54, 1.807) is 0 Å². The van der Waals surface area contributed by atoms with E-state index in [0.717, 1.165) is 77.0 Å². The number of phosphoric ester groups is 1. The lowest BCUT2D eigenvalue weighted by molar-refractivity contribution is -0.870. The number of allylic oxidation sites excluding steroid dienone is 12. The summed E-state index contributed by atoms with van der Waals surface area (Å²) in [4.78, 5) is 25.3. The number of carbonyl (C=O) groups is 1. The second-order valence-corrected chi connectivity index (χ2v) is 21.7. The Kier molecular flexibility index (Phi) is 50.7. The number of phosphoric acid groups is 1. The first kappa shape index (κ1) is 66.9. The van der Waals surface area contributed by atoms with Crippen LogP contribution in [0, 0.1) is 0 Å². The van der Waals surface area contributed by atoms with Crippen molar-refractivity contribution in [2.45, 2.75) is 251 Å². The second-order valence-electron chi connectivity index (χ2n) is 20.3. The van der Waals surface area contributed by atoms with Crippen molar-refractivity contribution in [2.24, 2.45) is 0 Å². The molecule has 0 fully saturated rings. The number of rotatable bonds is 53. The average molecular weight is 989 g/mol. The van der Waals surface area contributed by atoms with Crippen molar-refractivity contribution < 1.29 is 37.3 Å². The Bertz CT molecular complexity index is 1330. The van der Waals surface area contributed by atoms with E-state index in [-0.39, 0.29) is 25.8 Å². The summed E-state index contributed by atoms with van der Waals surface area (Å²) in [5, 5.41) is 0. The van der Waals surface area contributed by atoms with Crippen molar-refractivity contribution >= 4 is 13.8 Å². The minimum Gasteiger partial charge on any atom is -0.756 e. The SMILES string of the molecule is CC/C=C\C/C=C\C/C=C\C/C=C\C/C=C\CCCCCCCCCC(=O)OC(COCCCCCCCCCCCCCC/C=C\CCCCCCCCCC)COP(=O)([O-])OCC[N+](C)(C)C. The van der Waals surface area contributed by atoms with Gasteiger partial charge in [-0.05, 0) is 83.5 Å². The van der Waals surface area contributed by atoms with Gasteiger partial charge in [0.15, 0.2) is 0 Å². The van der Waals surface area contributed by atoms with Crippen LogP contribution in [-0.4, -0.2) is 70.7 Å². The molecule has 0 spiro atoms. The number of unbranched alkanes of at least 4 members (excludes halogenated alkanes) is 27. The summed E-state index contributed by atoms with van der Waals surface area (Å²) in [5.41, 5.74) is 0. The molecule has 2 unspecified atom stereocenters. The molecule has 0 heterocycles. The zero-order chi connectivity index (χ0) is 50.5. The normalized spacial score (nSPS) is 14.0. The first-order chi connectivity index (χ1) is 33.6. The Morgan fingerprint density at radius 2 is 0.841 bits per heavy atom. The van der Waals surface area contributed by atoms with Gasteiger partial charge in [0, 0.05) is 13.0 Å². The predicted octanol–water partition coefficient (Wildman–Crippen LogP) is 17.5. The molecule has 0 aliphatic rings. The molecule has 0 aliphatic heterocycles. The van der Waals surface area contributed by atoms with Gasteiger partial charge in [0.25, 0.3) is 7.82 Å².